The molecule has 0 aliphatic carbocycles. The van der Waals surface area contributed by atoms with Crippen LogP contribution in [0.2, 0.25) is 0 Å². The zero-order valence-corrected chi connectivity index (χ0v) is 12.4. The predicted molar refractivity (Wildman–Crippen MR) is 77.5 cm³/mol. The van der Waals surface area contributed by atoms with E-state index in [1.807, 2.05) is 10.9 Å². The highest BCUT2D eigenvalue weighted by molar-refractivity contribution is 5.91. The van der Waals surface area contributed by atoms with Gasteiger partial charge in [-0.1, -0.05) is 0 Å². The molecular weight excluding hydrogens is 286 g/mol. The van der Waals surface area contributed by atoms with Crippen LogP contribution in [-0.2, 0) is 22.4 Å². The molecule has 0 bridgehead atoms. The summed E-state index contributed by atoms with van der Waals surface area (Å²) in [4.78, 5) is 11.9. The van der Waals surface area contributed by atoms with Crippen molar-refractivity contribution < 1.29 is 18.7 Å². The molecule has 0 radical (unpaired) electrons. The third kappa shape index (κ3) is 3.20. The van der Waals surface area contributed by atoms with Crippen LogP contribution in [0, 0.1) is 0 Å². The fourth-order valence-electron chi connectivity index (χ4n) is 2.47. The zero-order chi connectivity index (χ0) is 15.4. The molecule has 0 aromatic carbocycles. The third-order valence-corrected chi connectivity index (χ3v) is 3.58. The van der Waals surface area contributed by atoms with E-state index < -0.39 is 0 Å². The number of carbonyl (C=O) groups excluding carboxylic acids is 1. The van der Waals surface area contributed by atoms with Crippen LogP contribution >= 0.6 is 0 Å². The molecule has 22 heavy (non-hydrogen) atoms. The summed E-state index contributed by atoms with van der Waals surface area (Å²) in [5.74, 6) is 0.0428. The summed E-state index contributed by atoms with van der Waals surface area (Å²) in [6, 6.07) is 3.31. The van der Waals surface area contributed by atoms with Gasteiger partial charge in [-0.05, 0) is 24.1 Å². The first-order valence-corrected chi connectivity index (χ1v) is 7.26. The summed E-state index contributed by atoms with van der Waals surface area (Å²) < 4.78 is 17.7. The molecule has 3 rings (SSSR count). The summed E-state index contributed by atoms with van der Waals surface area (Å²) in [7, 11) is 1.67. The molecule has 1 aliphatic heterocycles. The minimum Gasteiger partial charge on any atom is -0.459 e. The van der Waals surface area contributed by atoms with Gasteiger partial charge in [0.2, 0.25) is 0 Å². The van der Waals surface area contributed by atoms with Crippen LogP contribution in [0.25, 0.3) is 0 Å². The van der Waals surface area contributed by atoms with Gasteiger partial charge < -0.3 is 19.2 Å². The normalized spacial score (nSPS) is 17.2. The largest absolute Gasteiger partial charge is 0.459 e. The van der Waals surface area contributed by atoms with Gasteiger partial charge >= 0.3 is 0 Å². The van der Waals surface area contributed by atoms with E-state index in [1.54, 1.807) is 19.2 Å². The fourth-order valence-corrected chi connectivity index (χ4v) is 2.47. The Kier molecular flexibility index (Phi) is 4.55. The van der Waals surface area contributed by atoms with Gasteiger partial charge in [0.15, 0.2) is 5.76 Å². The number of furan rings is 1. The SMILES string of the molecule is COCCn1cc2c(n1)C(CNC(=O)c1ccco1)OCC2. The smallest absolute Gasteiger partial charge is 0.287 e. The van der Waals surface area contributed by atoms with Crippen molar-refractivity contribution in [1.82, 2.24) is 15.1 Å². The van der Waals surface area contributed by atoms with Crippen LogP contribution in [-0.4, -0.2) is 42.6 Å². The topological polar surface area (TPSA) is 78.5 Å². The molecule has 7 heteroatoms. The highest BCUT2D eigenvalue weighted by Gasteiger charge is 2.25. The van der Waals surface area contributed by atoms with Crippen molar-refractivity contribution in [2.75, 3.05) is 26.9 Å². The Hall–Kier alpha value is -2.12. The first-order chi connectivity index (χ1) is 10.8. The minimum absolute atomic E-state index is 0.230. The van der Waals surface area contributed by atoms with E-state index in [9.17, 15) is 4.79 Å². The lowest BCUT2D eigenvalue weighted by molar-refractivity contribution is 0.0379. The van der Waals surface area contributed by atoms with Gasteiger partial charge in [0.05, 0.1) is 31.7 Å². The first kappa shape index (κ1) is 14.8. The van der Waals surface area contributed by atoms with Crippen molar-refractivity contribution in [2.45, 2.75) is 19.1 Å². The number of ether oxygens (including phenoxy) is 2. The number of fused-ring (bicyclic) bond motifs is 1. The minimum atomic E-state index is -0.250. The Morgan fingerprint density at radius 3 is 3.27 bits per heavy atom. The number of amides is 1. The average Bonchev–Trinajstić information content (AvgIpc) is 3.19. The summed E-state index contributed by atoms with van der Waals surface area (Å²) in [6.45, 7) is 2.31. The lowest BCUT2D eigenvalue weighted by Crippen LogP contribution is -2.31. The Morgan fingerprint density at radius 2 is 2.50 bits per heavy atom. The lowest BCUT2D eigenvalue weighted by atomic mass is 10.1. The highest BCUT2D eigenvalue weighted by atomic mass is 16.5. The Morgan fingerprint density at radius 1 is 1.59 bits per heavy atom. The van der Waals surface area contributed by atoms with E-state index in [4.69, 9.17) is 13.9 Å². The second-order valence-electron chi connectivity index (χ2n) is 5.09. The molecule has 1 N–H and O–H groups in total. The second-order valence-corrected chi connectivity index (χ2v) is 5.09. The number of methoxy groups -OCH3 is 1. The number of rotatable bonds is 6. The molecule has 118 valence electrons. The molecule has 0 fully saturated rings. The summed E-state index contributed by atoms with van der Waals surface area (Å²) >= 11 is 0. The molecular formula is C15H19N3O4. The molecule has 1 atom stereocenters. The number of aromatic nitrogens is 2. The summed E-state index contributed by atoms with van der Waals surface area (Å²) in [6.07, 6.45) is 4.11. The summed E-state index contributed by atoms with van der Waals surface area (Å²) in [5, 5.41) is 7.36. The quantitative estimate of drug-likeness (QED) is 0.866. The second kappa shape index (κ2) is 6.76. The standard InChI is InChI=1S/C15H19N3O4/c1-20-8-5-18-10-11-4-7-22-13(14(11)17-18)9-16-15(19)12-3-2-6-21-12/h2-3,6,10,13H,4-5,7-9H2,1H3,(H,16,19). The predicted octanol–water partition coefficient (Wildman–Crippen LogP) is 1.17. The van der Waals surface area contributed by atoms with Crippen LogP contribution in [0.5, 0.6) is 0 Å². The van der Waals surface area contributed by atoms with E-state index in [0.717, 1.165) is 12.1 Å². The van der Waals surface area contributed by atoms with Crippen molar-refractivity contribution in [3.63, 3.8) is 0 Å². The number of hydrogen-bond donors (Lipinski definition) is 1. The van der Waals surface area contributed by atoms with Crippen LogP contribution in [0.15, 0.2) is 29.0 Å². The van der Waals surface area contributed by atoms with Crippen molar-refractivity contribution in [2.24, 2.45) is 0 Å². The van der Waals surface area contributed by atoms with Gasteiger partial charge in [0.1, 0.15) is 6.10 Å². The van der Waals surface area contributed by atoms with Crippen LogP contribution < -0.4 is 5.32 Å². The molecule has 0 saturated carbocycles. The maximum absolute atomic E-state index is 11.9. The highest BCUT2D eigenvalue weighted by Crippen LogP contribution is 2.25. The van der Waals surface area contributed by atoms with E-state index in [2.05, 4.69) is 10.4 Å². The molecule has 7 nitrogen and oxygen atoms in total. The Bertz CT molecular complexity index is 621. The summed E-state index contributed by atoms with van der Waals surface area (Å²) in [5.41, 5.74) is 2.06. The fraction of sp³-hybridized carbons (Fsp3) is 0.467. The van der Waals surface area contributed by atoms with Crippen molar-refractivity contribution in [1.29, 1.82) is 0 Å². The molecule has 0 saturated heterocycles. The van der Waals surface area contributed by atoms with Crippen molar-refractivity contribution >= 4 is 5.91 Å². The average molecular weight is 305 g/mol. The maximum Gasteiger partial charge on any atom is 0.287 e. The Labute approximate surface area is 128 Å². The van der Waals surface area contributed by atoms with Gasteiger partial charge in [-0.3, -0.25) is 9.48 Å². The van der Waals surface area contributed by atoms with E-state index in [0.29, 0.717) is 32.1 Å². The molecule has 1 unspecified atom stereocenters. The molecule has 2 aromatic rings. The van der Waals surface area contributed by atoms with Crippen LogP contribution in [0.4, 0.5) is 0 Å². The number of nitrogens with zero attached hydrogens (tertiary/aromatic N) is 2. The van der Waals surface area contributed by atoms with E-state index >= 15 is 0 Å². The van der Waals surface area contributed by atoms with Crippen LogP contribution in [0.1, 0.15) is 27.9 Å². The lowest BCUT2D eigenvalue weighted by Gasteiger charge is -2.22. The number of carbonyl (C=O) groups is 1. The molecule has 0 spiro atoms. The maximum atomic E-state index is 11.9. The molecule has 1 amide bonds. The number of nitrogens with one attached hydrogen (secondary N) is 1. The molecule has 1 aliphatic rings. The van der Waals surface area contributed by atoms with Crippen LogP contribution in [0.3, 0.4) is 0 Å². The van der Waals surface area contributed by atoms with Gasteiger partial charge in [0, 0.05) is 19.9 Å². The Balaban J connectivity index is 1.64. The van der Waals surface area contributed by atoms with Gasteiger partial charge in [-0.15, -0.1) is 0 Å². The molecule has 3 heterocycles. The van der Waals surface area contributed by atoms with Gasteiger partial charge in [-0.25, -0.2) is 0 Å². The van der Waals surface area contributed by atoms with Gasteiger partial charge in [0.25, 0.3) is 5.91 Å². The zero-order valence-electron chi connectivity index (χ0n) is 12.4. The molecule has 2 aromatic heterocycles. The number of hydrogen-bond acceptors (Lipinski definition) is 5. The van der Waals surface area contributed by atoms with E-state index in [1.165, 1.54) is 11.8 Å². The van der Waals surface area contributed by atoms with Crippen molar-refractivity contribution in [3.8, 4) is 0 Å². The first-order valence-electron chi connectivity index (χ1n) is 7.26. The third-order valence-electron chi connectivity index (χ3n) is 3.58. The monoisotopic (exact) mass is 305 g/mol. The van der Waals surface area contributed by atoms with Gasteiger partial charge in [-0.2, -0.15) is 5.10 Å². The van der Waals surface area contributed by atoms with E-state index in [-0.39, 0.29) is 12.0 Å². The van der Waals surface area contributed by atoms with Crippen molar-refractivity contribution in [3.05, 3.63) is 41.6 Å².